The van der Waals surface area contributed by atoms with Gasteiger partial charge in [-0.05, 0) is 26.8 Å². The Labute approximate surface area is 123 Å². The lowest BCUT2D eigenvalue weighted by molar-refractivity contribution is -0.0480. The van der Waals surface area contributed by atoms with E-state index in [1.54, 1.807) is 0 Å². The molecule has 0 aromatic heterocycles. The molecule has 0 aliphatic rings. The highest BCUT2D eigenvalue weighted by atomic mass is 79.9. The third-order valence-corrected chi connectivity index (χ3v) is 3.26. The molecule has 0 amide bonds. The summed E-state index contributed by atoms with van der Waals surface area (Å²) >= 11 is 9.60. The van der Waals surface area contributed by atoms with E-state index in [9.17, 15) is 0 Å². The maximum Gasteiger partial charge on any atom is 0.0937 e. The molecule has 0 radical (unpaired) electrons. The van der Waals surface area contributed by atoms with Gasteiger partial charge in [0.05, 0.1) is 24.9 Å². The van der Waals surface area contributed by atoms with Crippen LogP contribution in [0.2, 0.25) is 5.02 Å². The summed E-state index contributed by atoms with van der Waals surface area (Å²) in [7, 11) is 0. The number of ether oxygens (including phenoxy) is 2. The molecule has 1 aromatic carbocycles. The Hall–Kier alpha value is -0.0900. The summed E-state index contributed by atoms with van der Waals surface area (Å²) < 4.78 is 11.4. The first-order chi connectivity index (χ1) is 8.44. The molecule has 0 spiro atoms. The average molecular weight is 336 g/mol. The summed E-state index contributed by atoms with van der Waals surface area (Å²) in [6, 6.07) is 7.74. The van der Waals surface area contributed by atoms with Crippen LogP contribution in [0.4, 0.5) is 0 Å². The van der Waals surface area contributed by atoms with Gasteiger partial charge < -0.3 is 9.47 Å². The minimum Gasteiger partial charge on any atom is -0.373 e. The van der Waals surface area contributed by atoms with Gasteiger partial charge in [0.25, 0.3) is 0 Å². The zero-order chi connectivity index (χ0) is 13.6. The summed E-state index contributed by atoms with van der Waals surface area (Å²) in [6.45, 7) is 7.23. The van der Waals surface area contributed by atoms with E-state index in [4.69, 9.17) is 21.1 Å². The van der Waals surface area contributed by atoms with Crippen molar-refractivity contribution in [1.82, 2.24) is 0 Å². The van der Waals surface area contributed by atoms with E-state index in [1.807, 2.05) is 45.0 Å². The van der Waals surface area contributed by atoms with Gasteiger partial charge in [-0.25, -0.2) is 0 Å². The van der Waals surface area contributed by atoms with Crippen LogP contribution < -0.4 is 0 Å². The van der Waals surface area contributed by atoms with Crippen molar-refractivity contribution >= 4 is 27.5 Å². The van der Waals surface area contributed by atoms with Crippen LogP contribution in [-0.4, -0.2) is 24.1 Å². The molecule has 0 N–H and O–H groups in total. The van der Waals surface area contributed by atoms with Crippen LogP contribution in [0.3, 0.4) is 0 Å². The minimum absolute atomic E-state index is 0.0396. The van der Waals surface area contributed by atoms with Gasteiger partial charge in [0.1, 0.15) is 0 Å². The fourth-order valence-electron chi connectivity index (χ4n) is 1.49. The Kier molecular flexibility index (Phi) is 6.64. The SMILES string of the molecule is CC(C)(C)OCCOC(CBr)c1ccccc1Cl. The summed E-state index contributed by atoms with van der Waals surface area (Å²) in [6.07, 6.45) is -0.0396. The highest BCUT2D eigenvalue weighted by Gasteiger charge is 2.15. The van der Waals surface area contributed by atoms with Crippen molar-refractivity contribution in [2.75, 3.05) is 18.5 Å². The fourth-order valence-corrected chi connectivity index (χ4v) is 2.29. The molecule has 0 aliphatic heterocycles. The molecule has 18 heavy (non-hydrogen) atoms. The number of hydrogen-bond donors (Lipinski definition) is 0. The summed E-state index contributed by atoms with van der Waals surface area (Å²) in [5, 5.41) is 1.45. The number of hydrogen-bond acceptors (Lipinski definition) is 2. The van der Waals surface area contributed by atoms with Gasteiger partial charge in [-0.2, -0.15) is 0 Å². The zero-order valence-corrected chi connectivity index (χ0v) is 13.4. The lowest BCUT2D eigenvalue weighted by atomic mass is 10.1. The molecule has 2 nitrogen and oxygen atoms in total. The monoisotopic (exact) mass is 334 g/mol. The van der Waals surface area contributed by atoms with Gasteiger partial charge in [-0.15, -0.1) is 0 Å². The molecule has 1 unspecified atom stereocenters. The molecule has 1 rings (SSSR count). The topological polar surface area (TPSA) is 18.5 Å². The normalized spacial score (nSPS) is 13.6. The van der Waals surface area contributed by atoms with Crippen molar-refractivity contribution in [3.63, 3.8) is 0 Å². The van der Waals surface area contributed by atoms with Crippen LogP contribution >= 0.6 is 27.5 Å². The van der Waals surface area contributed by atoms with E-state index in [1.165, 1.54) is 0 Å². The molecule has 0 saturated heterocycles. The van der Waals surface area contributed by atoms with E-state index < -0.39 is 0 Å². The second kappa shape index (κ2) is 7.49. The quantitative estimate of drug-likeness (QED) is 0.558. The second-order valence-electron chi connectivity index (χ2n) is 5.00. The number of alkyl halides is 1. The Balaban J connectivity index is 2.46. The van der Waals surface area contributed by atoms with Gasteiger partial charge in [-0.3, -0.25) is 0 Å². The molecule has 0 saturated carbocycles. The predicted octanol–water partition coefficient (Wildman–Crippen LogP) is 4.61. The average Bonchev–Trinajstić information content (AvgIpc) is 2.29. The molecule has 0 heterocycles. The smallest absolute Gasteiger partial charge is 0.0937 e. The highest BCUT2D eigenvalue weighted by molar-refractivity contribution is 9.09. The summed E-state index contributed by atoms with van der Waals surface area (Å²) in [5.41, 5.74) is 0.879. The van der Waals surface area contributed by atoms with Crippen molar-refractivity contribution in [2.24, 2.45) is 0 Å². The fraction of sp³-hybridized carbons (Fsp3) is 0.571. The molecule has 0 aliphatic carbocycles. The van der Waals surface area contributed by atoms with E-state index in [-0.39, 0.29) is 11.7 Å². The van der Waals surface area contributed by atoms with Gasteiger partial charge in [0.2, 0.25) is 0 Å². The van der Waals surface area contributed by atoms with Crippen LogP contribution in [-0.2, 0) is 9.47 Å². The Morgan fingerprint density at radius 2 is 1.89 bits per heavy atom. The first-order valence-corrected chi connectivity index (χ1v) is 7.50. The molecule has 102 valence electrons. The van der Waals surface area contributed by atoms with Crippen LogP contribution in [0, 0.1) is 0 Å². The standard InChI is InChI=1S/C14H20BrClO2/c1-14(2,3)18-9-8-17-13(10-15)11-6-4-5-7-12(11)16/h4-7,13H,8-10H2,1-3H3. The minimum atomic E-state index is -0.127. The van der Waals surface area contributed by atoms with Gasteiger partial charge in [0, 0.05) is 15.9 Å². The number of benzene rings is 1. The molecule has 1 atom stereocenters. The van der Waals surface area contributed by atoms with Crippen molar-refractivity contribution in [2.45, 2.75) is 32.5 Å². The third kappa shape index (κ3) is 5.70. The van der Waals surface area contributed by atoms with E-state index >= 15 is 0 Å². The van der Waals surface area contributed by atoms with Crippen molar-refractivity contribution < 1.29 is 9.47 Å². The lowest BCUT2D eigenvalue weighted by Crippen LogP contribution is -2.22. The largest absolute Gasteiger partial charge is 0.373 e. The van der Waals surface area contributed by atoms with E-state index in [0.29, 0.717) is 18.5 Å². The number of rotatable bonds is 6. The van der Waals surface area contributed by atoms with E-state index in [2.05, 4.69) is 15.9 Å². The first-order valence-electron chi connectivity index (χ1n) is 6.00. The number of halogens is 2. The second-order valence-corrected chi connectivity index (χ2v) is 6.05. The zero-order valence-electron chi connectivity index (χ0n) is 11.1. The molecule has 0 fully saturated rings. The maximum absolute atomic E-state index is 6.15. The van der Waals surface area contributed by atoms with Crippen LogP contribution in [0.15, 0.2) is 24.3 Å². The molecule has 4 heteroatoms. The molecule has 0 bridgehead atoms. The van der Waals surface area contributed by atoms with Crippen molar-refractivity contribution in [1.29, 1.82) is 0 Å². The van der Waals surface area contributed by atoms with Gasteiger partial charge >= 0.3 is 0 Å². The van der Waals surface area contributed by atoms with E-state index in [0.717, 1.165) is 10.6 Å². The first kappa shape index (κ1) is 16.0. The Morgan fingerprint density at radius 3 is 2.44 bits per heavy atom. The molecule has 1 aromatic rings. The van der Waals surface area contributed by atoms with Crippen LogP contribution in [0.25, 0.3) is 0 Å². The maximum atomic E-state index is 6.15. The highest BCUT2D eigenvalue weighted by Crippen LogP contribution is 2.26. The van der Waals surface area contributed by atoms with Crippen LogP contribution in [0.5, 0.6) is 0 Å². The van der Waals surface area contributed by atoms with Crippen molar-refractivity contribution in [3.05, 3.63) is 34.9 Å². The molecular formula is C14H20BrClO2. The third-order valence-electron chi connectivity index (χ3n) is 2.33. The van der Waals surface area contributed by atoms with Gasteiger partial charge in [0.15, 0.2) is 0 Å². The lowest BCUT2D eigenvalue weighted by Gasteiger charge is -2.21. The Bertz CT molecular complexity index is 363. The van der Waals surface area contributed by atoms with Crippen molar-refractivity contribution in [3.8, 4) is 0 Å². The Morgan fingerprint density at radius 1 is 1.22 bits per heavy atom. The summed E-state index contributed by atoms with van der Waals surface area (Å²) in [4.78, 5) is 0. The predicted molar refractivity (Wildman–Crippen MR) is 79.6 cm³/mol. The summed E-state index contributed by atoms with van der Waals surface area (Å²) in [5.74, 6) is 0. The van der Waals surface area contributed by atoms with Crippen LogP contribution in [0.1, 0.15) is 32.4 Å². The van der Waals surface area contributed by atoms with Gasteiger partial charge in [-0.1, -0.05) is 45.7 Å². The molecular weight excluding hydrogens is 316 g/mol.